The van der Waals surface area contributed by atoms with Gasteiger partial charge >= 0.3 is 5.97 Å². The Morgan fingerprint density at radius 3 is 2.47 bits per heavy atom. The molecule has 1 atom stereocenters. The summed E-state index contributed by atoms with van der Waals surface area (Å²) < 4.78 is 10.4. The van der Waals surface area contributed by atoms with Crippen LogP contribution in [-0.4, -0.2) is 19.2 Å². The summed E-state index contributed by atoms with van der Waals surface area (Å²) >= 11 is 0. The molecule has 1 rings (SSSR count). The van der Waals surface area contributed by atoms with Crippen LogP contribution in [0.1, 0.15) is 31.1 Å². The highest BCUT2D eigenvalue weighted by molar-refractivity contribution is 5.95. The highest BCUT2D eigenvalue weighted by Crippen LogP contribution is 2.22. The van der Waals surface area contributed by atoms with Gasteiger partial charge in [0.05, 0.1) is 18.8 Å². The molecular weight excluding hydrogens is 218 g/mol. The number of anilines is 1. The first kappa shape index (κ1) is 13.4. The summed E-state index contributed by atoms with van der Waals surface area (Å²) in [7, 11) is 1.33. The molecule has 1 unspecified atom stereocenters. The average molecular weight is 237 g/mol. The number of nitrogens with two attached hydrogens (primary N) is 1. The summed E-state index contributed by atoms with van der Waals surface area (Å²) in [6.45, 7) is 6.13. The summed E-state index contributed by atoms with van der Waals surface area (Å²) in [4.78, 5) is 11.4. The molecule has 1 aromatic rings. The second-order valence-corrected chi connectivity index (χ2v) is 4.31. The topological polar surface area (TPSA) is 61.5 Å². The van der Waals surface area contributed by atoms with Crippen molar-refractivity contribution in [2.24, 2.45) is 5.92 Å². The number of esters is 1. The average Bonchev–Trinajstić information content (AvgIpc) is 2.30. The van der Waals surface area contributed by atoms with E-state index in [9.17, 15) is 4.79 Å². The van der Waals surface area contributed by atoms with Crippen LogP contribution in [0.3, 0.4) is 0 Å². The Balaban J connectivity index is 2.93. The predicted octanol–water partition coefficient (Wildman–Crippen LogP) is 2.48. The van der Waals surface area contributed by atoms with Crippen LogP contribution in [0.15, 0.2) is 18.2 Å². The Morgan fingerprint density at radius 1 is 1.29 bits per heavy atom. The van der Waals surface area contributed by atoms with E-state index in [1.54, 1.807) is 18.2 Å². The van der Waals surface area contributed by atoms with Crippen molar-refractivity contribution in [3.8, 4) is 5.75 Å². The van der Waals surface area contributed by atoms with Gasteiger partial charge < -0.3 is 15.2 Å². The third-order valence-electron chi connectivity index (χ3n) is 2.69. The van der Waals surface area contributed by atoms with Crippen LogP contribution >= 0.6 is 0 Å². The van der Waals surface area contributed by atoms with Crippen LogP contribution in [0.2, 0.25) is 0 Å². The molecule has 2 N–H and O–H groups in total. The number of ether oxygens (including phenoxy) is 2. The molecule has 94 valence electrons. The van der Waals surface area contributed by atoms with Crippen molar-refractivity contribution >= 4 is 11.7 Å². The van der Waals surface area contributed by atoms with Gasteiger partial charge in [-0.2, -0.15) is 0 Å². The fourth-order valence-electron chi connectivity index (χ4n) is 1.25. The van der Waals surface area contributed by atoms with E-state index in [1.807, 2.05) is 6.92 Å². The van der Waals surface area contributed by atoms with E-state index in [-0.39, 0.29) is 6.10 Å². The highest BCUT2D eigenvalue weighted by Gasteiger charge is 2.13. The SMILES string of the molecule is COC(=O)c1cc(OC(C)C(C)C)ccc1N. The Bertz CT molecular complexity index is 402. The lowest BCUT2D eigenvalue weighted by molar-refractivity contribution is 0.0601. The number of carbonyl (C=O) groups is 1. The molecule has 4 nitrogen and oxygen atoms in total. The first-order chi connectivity index (χ1) is 7.95. The van der Waals surface area contributed by atoms with Gasteiger partial charge in [0.15, 0.2) is 0 Å². The molecule has 0 fully saturated rings. The number of carbonyl (C=O) groups excluding carboxylic acids is 1. The van der Waals surface area contributed by atoms with Gasteiger partial charge in [-0.1, -0.05) is 13.8 Å². The van der Waals surface area contributed by atoms with Gasteiger partial charge in [0.25, 0.3) is 0 Å². The highest BCUT2D eigenvalue weighted by atomic mass is 16.5. The maximum absolute atomic E-state index is 11.4. The van der Waals surface area contributed by atoms with Crippen LogP contribution in [-0.2, 0) is 4.74 Å². The molecule has 0 aliphatic heterocycles. The minimum Gasteiger partial charge on any atom is -0.490 e. The molecule has 1 aromatic carbocycles. The minimum atomic E-state index is -0.454. The van der Waals surface area contributed by atoms with Gasteiger partial charge in [0.2, 0.25) is 0 Å². The molecule has 0 spiro atoms. The fraction of sp³-hybridized carbons (Fsp3) is 0.462. The Labute approximate surface area is 102 Å². The van der Waals surface area contributed by atoms with Crippen molar-refractivity contribution in [2.45, 2.75) is 26.9 Å². The van der Waals surface area contributed by atoms with E-state index in [0.29, 0.717) is 22.9 Å². The first-order valence-corrected chi connectivity index (χ1v) is 5.60. The van der Waals surface area contributed by atoms with Gasteiger partial charge in [0, 0.05) is 5.69 Å². The number of hydrogen-bond acceptors (Lipinski definition) is 4. The van der Waals surface area contributed by atoms with Gasteiger partial charge in [0.1, 0.15) is 5.75 Å². The molecule has 0 radical (unpaired) electrons. The molecule has 0 aromatic heterocycles. The number of methoxy groups -OCH3 is 1. The maximum Gasteiger partial charge on any atom is 0.340 e. The van der Waals surface area contributed by atoms with E-state index in [4.69, 9.17) is 10.5 Å². The zero-order chi connectivity index (χ0) is 13.0. The van der Waals surface area contributed by atoms with Crippen LogP contribution in [0.4, 0.5) is 5.69 Å². The van der Waals surface area contributed by atoms with E-state index in [1.165, 1.54) is 7.11 Å². The lowest BCUT2D eigenvalue weighted by Gasteiger charge is -2.18. The van der Waals surface area contributed by atoms with Crippen LogP contribution in [0, 0.1) is 5.92 Å². The summed E-state index contributed by atoms with van der Waals surface area (Å²) in [6.07, 6.45) is 0.0733. The fourth-order valence-corrected chi connectivity index (χ4v) is 1.25. The smallest absolute Gasteiger partial charge is 0.340 e. The van der Waals surface area contributed by atoms with Crippen molar-refractivity contribution in [1.82, 2.24) is 0 Å². The second-order valence-electron chi connectivity index (χ2n) is 4.31. The quantitative estimate of drug-likeness (QED) is 0.645. The number of hydrogen-bond donors (Lipinski definition) is 1. The molecule has 0 amide bonds. The normalized spacial score (nSPS) is 12.3. The lowest BCUT2D eigenvalue weighted by Crippen LogP contribution is -2.19. The number of rotatable bonds is 4. The van der Waals surface area contributed by atoms with E-state index < -0.39 is 5.97 Å². The third-order valence-corrected chi connectivity index (χ3v) is 2.69. The zero-order valence-electron chi connectivity index (χ0n) is 10.7. The van der Waals surface area contributed by atoms with Gasteiger partial charge in [-0.15, -0.1) is 0 Å². The van der Waals surface area contributed by atoms with Crippen LogP contribution in [0.5, 0.6) is 5.75 Å². The van der Waals surface area contributed by atoms with Crippen molar-refractivity contribution in [2.75, 3.05) is 12.8 Å². The van der Waals surface area contributed by atoms with Crippen molar-refractivity contribution in [3.05, 3.63) is 23.8 Å². The molecule has 0 aliphatic carbocycles. The molecule has 0 saturated carbocycles. The molecule has 0 aliphatic rings. The van der Waals surface area contributed by atoms with Crippen LogP contribution < -0.4 is 10.5 Å². The van der Waals surface area contributed by atoms with Crippen molar-refractivity contribution < 1.29 is 14.3 Å². The summed E-state index contributed by atoms with van der Waals surface area (Å²) in [6, 6.07) is 5.01. The van der Waals surface area contributed by atoms with E-state index in [0.717, 1.165) is 0 Å². The second kappa shape index (κ2) is 5.57. The lowest BCUT2D eigenvalue weighted by atomic mass is 10.1. The predicted molar refractivity (Wildman–Crippen MR) is 67.1 cm³/mol. The molecule has 0 bridgehead atoms. The first-order valence-electron chi connectivity index (χ1n) is 5.60. The Morgan fingerprint density at radius 2 is 1.94 bits per heavy atom. The largest absolute Gasteiger partial charge is 0.490 e. The monoisotopic (exact) mass is 237 g/mol. The number of benzene rings is 1. The van der Waals surface area contributed by atoms with Crippen molar-refractivity contribution in [1.29, 1.82) is 0 Å². The Hall–Kier alpha value is -1.71. The standard InChI is InChI=1S/C13H19NO3/c1-8(2)9(3)17-10-5-6-12(14)11(7-10)13(15)16-4/h5-9H,14H2,1-4H3. The van der Waals surface area contributed by atoms with Gasteiger partial charge in [-0.05, 0) is 31.0 Å². The molecular formula is C13H19NO3. The summed E-state index contributed by atoms with van der Waals surface area (Å²) in [5, 5.41) is 0. The molecule has 4 heteroatoms. The molecule has 0 heterocycles. The molecule has 17 heavy (non-hydrogen) atoms. The summed E-state index contributed by atoms with van der Waals surface area (Å²) in [5.74, 6) is 0.570. The van der Waals surface area contributed by atoms with Crippen LogP contribution in [0.25, 0.3) is 0 Å². The zero-order valence-corrected chi connectivity index (χ0v) is 10.7. The number of nitrogen functional groups attached to an aromatic ring is 1. The minimum absolute atomic E-state index is 0.0733. The van der Waals surface area contributed by atoms with Gasteiger partial charge in [-0.25, -0.2) is 4.79 Å². The van der Waals surface area contributed by atoms with E-state index in [2.05, 4.69) is 18.6 Å². The molecule has 0 saturated heterocycles. The summed E-state index contributed by atoms with van der Waals surface area (Å²) in [5.41, 5.74) is 6.42. The third kappa shape index (κ3) is 3.37. The van der Waals surface area contributed by atoms with E-state index >= 15 is 0 Å². The Kier molecular flexibility index (Phi) is 4.37. The maximum atomic E-state index is 11.4. The van der Waals surface area contributed by atoms with Gasteiger partial charge in [-0.3, -0.25) is 0 Å². The van der Waals surface area contributed by atoms with Crippen molar-refractivity contribution in [3.63, 3.8) is 0 Å².